The van der Waals surface area contributed by atoms with Crippen LogP contribution in [0, 0.1) is 0 Å². The minimum absolute atomic E-state index is 0.0336. The maximum absolute atomic E-state index is 13.0. The van der Waals surface area contributed by atoms with Gasteiger partial charge in [0.2, 0.25) is 11.8 Å². The van der Waals surface area contributed by atoms with Gasteiger partial charge in [-0.15, -0.1) is 11.3 Å². The number of carbonyl (C=O) groups excluding carboxylic acids is 2. The molecule has 0 unspecified atom stereocenters. The molecule has 1 aromatic heterocycles. The summed E-state index contributed by atoms with van der Waals surface area (Å²) in [7, 11) is 0. The Bertz CT molecular complexity index is 1130. The summed E-state index contributed by atoms with van der Waals surface area (Å²) in [6.45, 7) is 3.61. The fraction of sp³-hybridized carbons (Fsp3) is 0.400. The number of likely N-dealkylation sites (tertiary alicyclic amines) is 1. The lowest BCUT2D eigenvalue weighted by molar-refractivity contribution is -0.137. The molecule has 0 N–H and O–H groups in total. The zero-order chi connectivity index (χ0) is 22.8. The van der Waals surface area contributed by atoms with Crippen molar-refractivity contribution in [3.8, 4) is 0 Å². The first-order valence-corrected chi connectivity index (χ1v) is 12.7. The number of aromatic nitrogens is 1. The van der Waals surface area contributed by atoms with Crippen molar-refractivity contribution in [2.45, 2.75) is 31.7 Å². The van der Waals surface area contributed by atoms with Gasteiger partial charge in [-0.05, 0) is 43.2 Å². The Hall–Kier alpha value is -2.64. The van der Waals surface area contributed by atoms with Crippen LogP contribution in [0.4, 0.5) is 5.69 Å². The maximum Gasteiger partial charge on any atom is 0.223 e. The highest BCUT2D eigenvalue weighted by molar-refractivity contribution is 7.18. The third-order valence-electron chi connectivity index (χ3n) is 6.53. The molecular formula is C25H27ClN4O2S. The van der Waals surface area contributed by atoms with Crippen LogP contribution in [0.25, 0.3) is 10.2 Å². The predicted octanol–water partition coefficient (Wildman–Crippen LogP) is 4.74. The van der Waals surface area contributed by atoms with E-state index >= 15 is 0 Å². The van der Waals surface area contributed by atoms with Crippen LogP contribution in [0.2, 0.25) is 5.02 Å². The van der Waals surface area contributed by atoms with E-state index in [1.165, 1.54) is 0 Å². The van der Waals surface area contributed by atoms with Gasteiger partial charge in [0.15, 0.2) is 0 Å². The third kappa shape index (κ3) is 4.84. The van der Waals surface area contributed by atoms with E-state index in [4.69, 9.17) is 16.6 Å². The third-order valence-corrected chi connectivity index (χ3v) is 7.90. The second-order valence-electron chi connectivity index (χ2n) is 8.61. The number of para-hydroxylation sites is 1. The van der Waals surface area contributed by atoms with Gasteiger partial charge in [-0.25, -0.2) is 4.98 Å². The summed E-state index contributed by atoms with van der Waals surface area (Å²) in [6.07, 6.45) is 2.44. The highest BCUT2D eigenvalue weighted by atomic mass is 35.5. The molecule has 0 aliphatic carbocycles. The number of anilines is 1. The van der Waals surface area contributed by atoms with Crippen LogP contribution in [-0.4, -0.2) is 59.3 Å². The smallest absolute Gasteiger partial charge is 0.223 e. The molecule has 172 valence electrons. The van der Waals surface area contributed by atoms with Crippen molar-refractivity contribution in [2.24, 2.45) is 0 Å². The predicted molar refractivity (Wildman–Crippen MR) is 133 cm³/mol. The van der Waals surface area contributed by atoms with Gasteiger partial charge in [-0.3, -0.25) is 9.59 Å². The molecule has 3 heterocycles. The van der Waals surface area contributed by atoms with Crippen LogP contribution in [0.1, 0.15) is 36.7 Å². The van der Waals surface area contributed by atoms with Gasteiger partial charge in [0.05, 0.1) is 16.3 Å². The van der Waals surface area contributed by atoms with Crippen LogP contribution in [-0.2, 0) is 9.59 Å². The van der Waals surface area contributed by atoms with Crippen LogP contribution in [0.3, 0.4) is 0 Å². The quantitative estimate of drug-likeness (QED) is 0.527. The van der Waals surface area contributed by atoms with Gasteiger partial charge in [0, 0.05) is 56.3 Å². The van der Waals surface area contributed by atoms with E-state index in [0.29, 0.717) is 13.1 Å². The van der Waals surface area contributed by atoms with Crippen LogP contribution in [0.5, 0.6) is 0 Å². The van der Waals surface area contributed by atoms with Gasteiger partial charge in [-0.1, -0.05) is 29.8 Å². The Labute approximate surface area is 202 Å². The van der Waals surface area contributed by atoms with Crippen molar-refractivity contribution >= 4 is 50.7 Å². The van der Waals surface area contributed by atoms with Crippen molar-refractivity contribution in [1.82, 2.24) is 14.8 Å². The van der Waals surface area contributed by atoms with Crippen LogP contribution in [0.15, 0.2) is 48.5 Å². The highest BCUT2D eigenvalue weighted by Gasteiger charge is 2.32. The van der Waals surface area contributed by atoms with E-state index in [0.717, 1.165) is 58.4 Å². The van der Waals surface area contributed by atoms with Crippen molar-refractivity contribution in [3.05, 3.63) is 58.6 Å². The van der Waals surface area contributed by atoms with Crippen molar-refractivity contribution in [3.63, 3.8) is 0 Å². The normalized spacial score (nSPS) is 18.8. The Balaban J connectivity index is 1.14. The summed E-state index contributed by atoms with van der Waals surface area (Å²) in [5.74, 6) is 0.118. The number of fused-ring (bicyclic) bond motifs is 1. The zero-order valence-electron chi connectivity index (χ0n) is 18.5. The van der Waals surface area contributed by atoms with E-state index in [9.17, 15) is 9.59 Å². The molecule has 0 radical (unpaired) electrons. The maximum atomic E-state index is 13.0. The van der Waals surface area contributed by atoms with Gasteiger partial charge in [0.25, 0.3) is 0 Å². The van der Waals surface area contributed by atoms with Crippen molar-refractivity contribution in [1.29, 1.82) is 0 Å². The summed E-state index contributed by atoms with van der Waals surface area (Å²) in [5, 5.41) is 1.72. The van der Waals surface area contributed by atoms with E-state index < -0.39 is 0 Å². The topological polar surface area (TPSA) is 56.8 Å². The molecule has 6 nitrogen and oxygen atoms in total. The zero-order valence-corrected chi connectivity index (χ0v) is 20.0. The average molecular weight is 483 g/mol. The Morgan fingerprint density at radius 2 is 1.76 bits per heavy atom. The molecule has 1 atom stereocenters. The Kier molecular flexibility index (Phi) is 6.51. The van der Waals surface area contributed by atoms with E-state index in [1.54, 1.807) is 11.3 Å². The molecule has 2 aliphatic rings. The lowest BCUT2D eigenvalue weighted by atomic mass is 10.2. The number of nitrogens with zero attached hydrogens (tertiary/aromatic N) is 4. The molecule has 2 aliphatic heterocycles. The van der Waals surface area contributed by atoms with Gasteiger partial charge in [-0.2, -0.15) is 0 Å². The molecule has 2 fully saturated rings. The molecule has 33 heavy (non-hydrogen) atoms. The summed E-state index contributed by atoms with van der Waals surface area (Å²) < 4.78 is 1.15. The molecule has 5 rings (SSSR count). The number of piperazine rings is 1. The highest BCUT2D eigenvalue weighted by Crippen LogP contribution is 2.36. The summed E-state index contributed by atoms with van der Waals surface area (Å²) in [5.41, 5.74) is 2.07. The molecular weight excluding hydrogens is 456 g/mol. The van der Waals surface area contributed by atoms with Gasteiger partial charge < -0.3 is 14.7 Å². The molecule has 3 aromatic rings. The Morgan fingerprint density at radius 3 is 2.55 bits per heavy atom. The number of rotatable bonds is 5. The molecule has 0 saturated carbocycles. The summed E-state index contributed by atoms with van der Waals surface area (Å²) >= 11 is 7.78. The molecule has 0 spiro atoms. The van der Waals surface area contributed by atoms with Crippen molar-refractivity contribution in [2.75, 3.05) is 37.6 Å². The number of halogens is 1. The van der Waals surface area contributed by atoms with E-state index in [2.05, 4.69) is 11.0 Å². The van der Waals surface area contributed by atoms with Crippen molar-refractivity contribution < 1.29 is 9.59 Å². The largest absolute Gasteiger partial charge is 0.368 e. The first-order valence-electron chi connectivity index (χ1n) is 11.5. The number of thiazole rings is 1. The first kappa shape index (κ1) is 22.2. The standard InChI is InChI=1S/C25H27ClN4O2S/c26-18-5-3-6-19(17-18)28-13-15-29(16-14-28)23(31)10-11-24(32)30-12-4-8-21(30)25-27-20-7-1-2-9-22(20)33-25/h1-3,5-7,9,17,21H,4,8,10-16H2/t21-/m0/s1. The Morgan fingerprint density at radius 1 is 0.970 bits per heavy atom. The SMILES string of the molecule is O=C(CCC(=O)N1CCC[C@H]1c1nc2ccccc2s1)N1CCN(c2cccc(Cl)c2)CC1. The summed E-state index contributed by atoms with van der Waals surface area (Å²) in [6, 6.07) is 15.9. The monoisotopic (exact) mass is 482 g/mol. The fourth-order valence-electron chi connectivity index (χ4n) is 4.76. The minimum Gasteiger partial charge on any atom is -0.368 e. The van der Waals surface area contributed by atoms with Gasteiger partial charge >= 0.3 is 0 Å². The number of carbonyl (C=O) groups is 2. The molecule has 8 heteroatoms. The number of amides is 2. The number of hydrogen-bond acceptors (Lipinski definition) is 5. The minimum atomic E-state index is 0.0336. The first-order chi connectivity index (χ1) is 16.1. The fourth-order valence-corrected chi connectivity index (χ4v) is 6.06. The van der Waals surface area contributed by atoms with Gasteiger partial charge in [0.1, 0.15) is 5.01 Å². The second kappa shape index (κ2) is 9.69. The summed E-state index contributed by atoms with van der Waals surface area (Å²) in [4.78, 5) is 36.6. The van der Waals surface area contributed by atoms with Crippen LogP contribution < -0.4 is 4.90 Å². The number of benzene rings is 2. The molecule has 2 saturated heterocycles. The average Bonchev–Trinajstić information content (AvgIpc) is 3.49. The number of hydrogen-bond donors (Lipinski definition) is 0. The van der Waals surface area contributed by atoms with E-state index in [-0.39, 0.29) is 30.7 Å². The lowest BCUT2D eigenvalue weighted by Crippen LogP contribution is -2.49. The molecule has 2 aromatic carbocycles. The molecule has 2 amide bonds. The molecule has 0 bridgehead atoms. The van der Waals surface area contributed by atoms with E-state index in [1.807, 2.05) is 52.3 Å². The lowest BCUT2D eigenvalue weighted by Gasteiger charge is -2.36. The second-order valence-corrected chi connectivity index (χ2v) is 10.1. The van der Waals surface area contributed by atoms with Crippen LogP contribution >= 0.6 is 22.9 Å².